The monoisotopic (exact) mass is 460 g/mol. The molecule has 9 heteroatoms. The number of ether oxygens (including phenoxy) is 2. The SMILES string of the molecule is Cl.Cn1cc(CN2CCOCC2)cc1C=C1C(=O)NC2=C1CC(CN1CCOC1=O)C=C2. The van der Waals surface area contributed by atoms with E-state index in [2.05, 4.69) is 33.1 Å². The fourth-order valence-corrected chi connectivity index (χ4v) is 4.67. The van der Waals surface area contributed by atoms with Crippen molar-refractivity contribution in [1.82, 2.24) is 19.7 Å². The summed E-state index contributed by atoms with van der Waals surface area (Å²) < 4.78 is 12.5. The fourth-order valence-electron chi connectivity index (χ4n) is 4.67. The molecule has 0 saturated carbocycles. The van der Waals surface area contributed by atoms with E-state index in [-0.39, 0.29) is 30.3 Å². The summed E-state index contributed by atoms with van der Waals surface area (Å²) in [7, 11) is 2.01. The topological polar surface area (TPSA) is 76.0 Å². The number of carbonyl (C=O) groups is 2. The van der Waals surface area contributed by atoms with Crippen LogP contribution in [0.15, 0.2) is 41.3 Å². The van der Waals surface area contributed by atoms with Crippen molar-refractivity contribution in [3.63, 3.8) is 0 Å². The fraction of sp³-hybridized carbons (Fsp3) is 0.478. The van der Waals surface area contributed by atoms with Gasteiger partial charge in [0.1, 0.15) is 6.61 Å². The molecule has 2 fully saturated rings. The maximum atomic E-state index is 12.7. The van der Waals surface area contributed by atoms with Crippen LogP contribution >= 0.6 is 12.4 Å². The molecule has 2 amide bonds. The van der Waals surface area contributed by atoms with Gasteiger partial charge in [0.25, 0.3) is 5.91 Å². The number of aromatic nitrogens is 1. The number of morpholine rings is 1. The van der Waals surface area contributed by atoms with E-state index in [4.69, 9.17) is 9.47 Å². The molecule has 1 N–H and O–H groups in total. The van der Waals surface area contributed by atoms with E-state index in [0.717, 1.165) is 56.2 Å². The van der Waals surface area contributed by atoms with Gasteiger partial charge in [0.05, 0.1) is 19.8 Å². The third-order valence-electron chi connectivity index (χ3n) is 6.35. The molecule has 8 nitrogen and oxygen atoms in total. The zero-order valence-electron chi connectivity index (χ0n) is 18.2. The molecule has 5 rings (SSSR count). The van der Waals surface area contributed by atoms with E-state index in [1.165, 1.54) is 5.56 Å². The third kappa shape index (κ3) is 4.62. The Morgan fingerprint density at radius 1 is 1.19 bits per heavy atom. The number of carbonyl (C=O) groups excluding carboxylic acids is 2. The molecule has 1 aromatic heterocycles. The van der Waals surface area contributed by atoms with Crippen molar-refractivity contribution in [2.75, 3.05) is 46.0 Å². The Hall–Kier alpha value is -2.55. The number of rotatable bonds is 5. The molecule has 4 heterocycles. The van der Waals surface area contributed by atoms with E-state index < -0.39 is 0 Å². The van der Waals surface area contributed by atoms with E-state index in [1.54, 1.807) is 4.90 Å². The molecule has 1 aromatic rings. The first-order chi connectivity index (χ1) is 15.1. The van der Waals surface area contributed by atoms with Crippen LogP contribution in [0.4, 0.5) is 4.79 Å². The summed E-state index contributed by atoms with van der Waals surface area (Å²) in [5.74, 6) is 0.109. The smallest absolute Gasteiger partial charge is 0.409 e. The molecule has 0 spiro atoms. The van der Waals surface area contributed by atoms with Crippen molar-refractivity contribution in [2.24, 2.45) is 13.0 Å². The van der Waals surface area contributed by atoms with Crippen LogP contribution in [0.2, 0.25) is 0 Å². The predicted molar refractivity (Wildman–Crippen MR) is 122 cm³/mol. The molecule has 172 valence electrons. The second-order valence-corrected chi connectivity index (χ2v) is 8.56. The van der Waals surface area contributed by atoms with Gasteiger partial charge in [-0.2, -0.15) is 0 Å². The van der Waals surface area contributed by atoms with Gasteiger partial charge in [0.2, 0.25) is 0 Å². The summed E-state index contributed by atoms with van der Waals surface area (Å²) >= 11 is 0. The normalized spacial score (nSPS) is 24.6. The Balaban J connectivity index is 0.00000245. The van der Waals surface area contributed by atoms with E-state index in [0.29, 0.717) is 25.3 Å². The molecule has 1 aliphatic carbocycles. The average molecular weight is 461 g/mol. The highest BCUT2D eigenvalue weighted by Gasteiger charge is 2.32. The first kappa shape index (κ1) is 22.6. The van der Waals surface area contributed by atoms with Crippen molar-refractivity contribution in [1.29, 1.82) is 0 Å². The van der Waals surface area contributed by atoms with Gasteiger partial charge >= 0.3 is 6.09 Å². The Morgan fingerprint density at radius 3 is 2.75 bits per heavy atom. The first-order valence-corrected chi connectivity index (χ1v) is 10.9. The molecule has 1 unspecified atom stereocenters. The lowest BCUT2D eigenvalue weighted by atomic mass is 9.89. The summed E-state index contributed by atoms with van der Waals surface area (Å²) in [6.07, 6.45) is 8.65. The molecule has 1 atom stereocenters. The van der Waals surface area contributed by atoms with Crippen LogP contribution in [0.25, 0.3) is 6.08 Å². The number of nitrogens with zero attached hydrogens (tertiary/aromatic N) is 3. The van der Waals surface area contributed by atoms with Gasteiger partial charge in [0, 0.05) is 56.4 Å². The summed E-state index contributed by atoms with van der Waals surface area (Å²) in [5, 5.41) is 2.99. The number of cyclic esters (lactones) is 1. The number of amides is 2. The molecule has 0 radical (unpaired) electrons. The van der Waals surface area contributed by atoms with E-state index >= 15 is 0 Å². The van der Waals surface area contributed by atoms with Crippen LogP contribution in [0.3, 0.4) is 0 Å². The molecule has 3 aliphatic heterocycles. The van der Waals surface area contributed by atoms with Gasteiger partial charge in [-0.05, 0) is 41.7 Å². The lowest BCUT2D eigenvalue weighted by Gasteiger charge is -2.26. The van der Waals surface area contributed by atoms with Crippen LogP contribution in [0, 0.1) is 5.92 Å². The molecular weight excluding hydrogens is 432 g/mol. The molecule has 0 aromatic carbocycles. The minimum absolute atomic E-state index is 0. The van der Waals surface area contributed by atoms with Crippen LogP contribution in [-0.4, -0.2) is 72.4 Å². The molecule has 2 saturated heterocycles. The Labute approximate surface area is 193 Å². The highest BCUT2D eigenvalue weighted by molar-refractivity contribution is 6.07. The summed E-state index contributed by atoms with van der Waals surface area (Å²) in [4.78, 5) is 28.6. The Kier molecular flexibility index (Phi) is 6.74. The van der Waals surface area contributed by atoms with Crippen LogP contribution < -0.4 is 5.32 Å². The van der Waals surface area contributed by atoms with Gasteiger partial charge < -0.3 is 24.3 Å². The van der Waals surface area contributed by atoms with E-state index in [1.807, 2.05) is 19.2 Å². The summed E-state index contributed by atoms with van der Waals surface area (Å²) in [5.41, 5.74) is 4.86. The maximum Gasteiger partial charge on any atom is 0.409 e. The van der Waals surface area contributed by atoms with Gasteiger partial charge in [-0.1, -0.05) is 6.08 Å². The number of hydrogen-bond donors (Lipinski definition) is 1. The van der Waals surface area contributed by atoms with Gasteiger partial charge in [-0.3, -0.25) is 9.69 Å². The summed E-state index contributed by atoms with van der Waals surface area (Å²) in [6, 6.07) is 2.16. The van der Waals surface area contributed by atoms with Gasteiger partial charge in [-0.25, -0.2) is 4.79 Å². The third-order valence-corrected chi connectivity index (χ3v) is 6.35. The van der Waals surface area contributed by atoms with Crippen molar-refractivity contribution >= 4 is 30.5 Å². The Morgan fingerprint density at radius 2 is 2.00 bits per heavy atom. The summed E-state index contributed by atoms with van der Waals surface area (Å²) in [6.45, 7) is 6.04. The van der Waals surface area contributed by atoms with Gasteiger partial charge in [-0.15, -0.1) is 12.4 Å². The number of halogens is 1. The van der Waals surface area contributed by atoms with Crippen molar-refractivity contribution in [3.8, 4) is 0 Å². The predicted octanol–water partition coefficient (Wildman–Crippen LogP) is 2.07. The molecule has 32 heavy (non-hydrogen) atoms. The largest absolute Gasteiger partial charge is 0.448 e. The van der Waals surface area contributed by atoms with E-state index in [9.17, 15) is 9.59 Å². The lowest BCUT2D eigenvalue weighted by Crippen LogP contribution is -2.35. The highest BCUT2D eigenvalue weighted by atomic mass is 35.5. The lowest BCUT2D eigenvalue weighted by molar-refractivity contribution is -0.115. The zero-order valence-corrected chi connectivity index (χ0v) is 19.0. The Bertz CT molecular complexity index is 990. The van der Waals surface area contributed by atoms with Crippen LogP contribution in [0.1, 0.15) is 17.7 Å². The minimum Gasteiger partial charge on any atom is -0.448 e. The first-order valence-electron chi connectivity index (χ1n) is 10.9. The van der Waals surface area contributed by atoms with Crippen molar-refractivity contribution in [2.45, 2.75) is 13.0 Å². The maximum absolute atomic E-state index is 12.7. The number of allylic oxidation sites excluding steroid dienone is 1. The standard InChI is InChI=1S/C23H28N4O4.ClH/c1-25-13-17(14-26-4-7-30-8-5-26)10-18(25)12-20-19-11-16(2-3-21(19)24-22(20)28)15-27-6-9-31-23(27)29;/h2-3,10,12-13,16H,4-9,11,14-15H2,1H3,(H,24,28);1H. The second-order valence-electron chi connectivity index (χ2n) is 8.56. The highest BCUT2D eigenvalue weighted by Crippen LogP contribution is 2.34. The second kappa shape index (κ2) is 9.52. The average Bonchev–Trinajstić information content (AvgIpc) is 3.41. The molecule has 4 aliphatic rings. The minimum atomic E-state index is -0.249. The number of nitrogens with one attached hydrogen (secondary N) is 1. The van der Waals surface area contributed by atoms with Crippen LogP contribution in [-0.2, 0) is 27.9 Å². The van der Waals surface area contributed by atoms with Gasteiger partial charge in [0.15, 0.2) is 0 Å². The number of hydrogen-bond acceptors (Lipinski definition) is 5. The van der Waals surface area contributed by atoms with Crippen molar-refractivity contribution < 1.29 is 19.1 Å². The molecule has 0 bridgehead atoms. The van der Waals surface area contributed by atoms with Crippen molar-refractivity contribution in [3.05, 3.63) is 52.5 Å². The molecular formula is C23H29ClN4O4. The quantitative estimate of drug-likeness (QED) is 0.681. The van der Waals surface area contributed by atoms with Crippen LogP contribution in [0.5, 0.6) is 0 Å². The number of aryl methyl sites for hydroxylation is 1. The zero-order chi connectivity index (χ0) is 21.4.